The maximum Gasteiger partial charge on any atom is 0.0965 e. The van der Waals surface area contributed by atoms with Gasteiger partial charge in [-0.05, 0) is 0 Å². The van der Waals surface area contributed by atoms with Crippen molar-refractivity contribution in [2.24, 2.45) is 0 Å². The van der Waals surface area contributed by atoms with Gasteiger partial charge in [-0.1, -0.05) is 12.8 Å². The third kappa shape index (κ3) is 4.93. The molecule has 1 rings (SSSR count). The summed E-state index contributed by atoms with van der Waals surface area (Å²) in [6.07, 6.45) is 6.97. The lowest BCUT2D eigenvalue weighted by molar-refractivity contribution is 0.591. The molecule has 0 saturated heterocycles. The van der Waals surface area contributed by atoms with E-state index in [4.69, 9.17) is 6.42 Å². The van der Waals surface area contributed by atoms with Gasteiger partial charge in [-0.15, -0.1) is 17.8 Å². The molecule has 0 aromatic carbocycles. The van der Waals surface area contributed by atoms with E-state index in [1.807, 2.05) is 11.6 Å². The number of rotatable bonds is 7. The molecule has 1 unspecified atom stereocenters. The number of nitrogens with zero attached hydrogens (tertiary/aromatic N) is 1. The van der Waals surface area contributed by atoms with E-state index < -0.39 is 0 Å². The van der Waals surface area contributed by atoms with E-state index in [2.05, 4.69) is 28.5 Å². The predicted molar refractivity (Wildman–Crippen MR) is 65.1 cm³/mol. The largest absolute Gasteiger partial charge is 0.315 e. The molecule has 0 radical (unpaired) electrons. The molecule has 1 heterocycles. The van der Waals surface area contributed by atoms with Crippen LogP contribution in [0, 0.1) is 12.3 Å². The van der Waals surface area contributed by atoms with Crippen LogP contribution in [0.5, 0.6) is 0 Å². The lowest BCUT2D eigenvalue weighted by Gasteiger charge is -2.09. The highest BCUT2D eigenvalue weighted by Crippen LogP contribution is 2.15. The first-order valence-corrected chi connectivity index (χ1v) is 5.97. The molecular weight excluding hydrogens is 206 g/mol. The first-order valence-electron chi connectivity index (χ1n) is 5.09. The van der Waals surface area contributed by atoms with Crippen LogP contribution in [0.3, 0.4) is 0 Å². The molecule has 4 heteroatoms. The van der Waals surface area contributed by atoms with Crippen LogP contribution in [-0.4, -0.2) is 31.2 Å². The summed E-state index contributed by atoms with van der Waals surface area (Å²) in [5.74, 6) is 3.03. The number of hydrogen-bond acceptors (Lipinski definition) is 4. The van der Waals surface area contributed by atoms with Gasteiger partial charge in [0.25, 0.3) is 0 Å². The van der Waals surface area contributed by atoms with Crippen LogP contribution in [0.1, 0.15) is 17.8 Å². The van der Waals surface area contributed by atoms with Gasteiger partial charge in [-0.25, -0.2) is 4.98 Å². The molecule has 82 valence electrons. The Hall–Kier alpha value is -0.890. The van der Waals surface area contributed by atoms with Gasteiger partial charge in [0.2, 0.25) is 0 Å². The monoisotopic (exact) mass is 223 g/mol. The van der Waals surface area contributed by atoms with E-state index in [0.717, 1.165) is 19.6 Å². The lowest BCUT2D eigenvalue weighted by Crippen LogP contribution is -2.29. The number of thiazole rings is 1. The van der Waals surface area contributed by atoms with Crippen LogP contribution in [-0.2, 0) is 0 Å². The summed E-state index contributed by atoms with van der Waals surface area (Å²) in [5, 5.41) is 9.71. The van der Waals surface area contributed by atoms with Crippen molar-refractivity contribution in [2.75, 3.05) is 26.2 Å². The van der Waals surface area contributed by atoms with Crippen LogP contribution in [0.15, 0.2) is 11.6 Å². The molecule has 3 nitrogen and oxygen atoms in total. The second-order valence-corrected chi connectivity index (χ2v) is 4.28. The lowest BCUT2D eigenvalue weighted by atomic mass is 10.2. The average molecular weight is 223 g/mol. The normalized spacial score (nSPS) is 12.3. The van der Waals surface area contributed by atoms with Gasteiger partial charge in [-0.3, -0.25) is 0 Å². The van der Waals surface area contributed by atoms with Crippen LogP contribution in [0.4, 0.5) is 0 Å². The zero-order valence-electron chi connectivity index (χ0n) is 8.99. The Bertz CT molecular complexity index is 289. The molecule has 0 saturated carbocycles. The third-order valence-corrected chi connectivity index (χ3v) is 3.04. The van der Waals surface area contributed by atoms with E-state index >= 15 is 0 Å². The van der Waals surface area contributed by atoms with Crippen molar-refractivity contribution in [3.8, 4) is 12.3 Å². The number of aromatic nitrogens is 1. The van der Waals surface area contributed by atoms with Crippen molar-refractivity contribution in [1.29, 1.82) is 0 Å². The fourth-order valence-corrected chi connectivity index (χ4v) is 1.92. The summed E-state index contributed by atoms with van der Waals surface area (Å²) in [4.78, 5) is 4.28. The van der Waals surface area contributed by atoms with Crippen LogP contribution in [0.25, 0.3) is 0 Å². The Labute approximate surface area is 95.3 Å². The number of hydrogen-bond donors (Lipinski definition) is 2. The quantitative estimate of drug-likeness (QED) is 0.536. The topological polar surface area (TPSA) is 37.0 Å². The SMILES string of the molecule is C#CCNCCNCC(C)c1nccs1. The summed E-state index contributed by atoms with van der Waals surface area (Å²) < 4.78 is 0. The number of nitrogens with one attached hydrogen (secondary N) is 2. The maximum atomic E-state index is 5.12. The highest BCUT2D eigenvalue weighted by molar-refractivity contribution is 7.09. The summed E-state index contributed by atoms with van der Waals surface area (Å²) in [5.41, 5.74) is 0. The molecule has 0 aliphatic rings. The van der Waals surface area contributed by atoms with Crippen molar-refractivity contribution in [1.82, 2.24) is 15.6 Å². The zero-order chi connectivity index (χ0) is 10.9. The van der Waals surface area contributed by atoms with Crippen molar-refractivity contribution in [2.45, 2.75) is 12.8 Å². The van der Waals surface area contributed by atoms with Gasteiger partial charge in [0, 0.05) is 37.1 Å². The molecule has 0 aliphatic heterocycles. The Kier molecular flexibility index (Phi) is 6.02. The Morgan fingerprint density at radius 1 is 1.53 bits per heavy atom. The van der Waals surface area contributed by atoms with Gasteiger partial charge in [0.1, 0.15) is 0 Å². The fourth-order valence-electron chi connectivity index (χ4n) is 1.22. The van der Waals surface area contributed by atoms with E-state index in [1.165, 1.54) is 5.01 Å². The van der Waals surface area contributed by atoms with Crippen molar-refractivity contribution in [3.05, 3.63) is 16.6 Å². The van der Waals surface area contributed by atoms with Crippen molar-refractivity contribution >= 4 is 11.3 Å². The molecule has 0 bridgehead atoms. The molecule has 0 amide bonds. The first-order chi connectivity index (χ1) is 7.34. The Balaban J connectivity index is 2.03. The second-order valence-electron chi connectivity index (χ2n) is 3.36. The van der Waals surface area contributed by atoms with Crippen LogP contribution < -0.4 is 10.6 Å². The van der Waals surface area contributed by atoms with E-state index in [0.29, 0.717) is 12.5 Å². The molecule has 0 spiro atoms. The minimum atomic E-state index is 0.484. The molecule has 1 aromatic heterocycles. The average Bonchev–Trinajstić information content (AvgIpc) is 2.76. The minimum Gasteiger partial charge on any atom is -0.315 e. The van der Waals surface area contributed by atoms with E-state index in [9.17, 15) is 0 Å². The van der Waals surface area contributed by atoms with E-state index in [-0.39, 0.29) is 0 Å². The number of terminal acetylenes is 1. The summed E-state index contributed by atoms with van der Waals surface area (Å²) in [6, 6.07) is 0. The van der Waals surface area contributed by atoms with Crippen LogP contribution >= 0.6 is 11.3 Å². The van der Waals surface area contributed by atoms with Gasteiger partial charge >= 0.3 is 0 Å². The molecule has 2 N–H and O–H groups in total. The maximum absolute atomic E-state index is 5.12. The fraction of sp³-hybridized carbons (Fsp3) is 0.545. The molecule has 1 atom stereocenters. The van der Waals surface area contributed by atoms with Gasteiger partial charge < -0.3 is 10.6 Å². The molecular formula is C11H17N3S. The summed E-state index contributed by atoms with van der Waals surface area (Å²) >= 11 is 1.71. The Morgan fingerprint density at radius 2 is 2.33 bits per heavy atom. The van der Waals surface area contributed by atoms with Crippen molar-refractivity contribution < 1.29 is 0 Å². The van der Waals surface area contributed by atoms with Gasteiger partial charge in [-0.2, -0.15) is 0 Å². The minimum absolute atomic E-state index is 0.484. The van der Waals surface area contributed by atoms with Crippen molar-refractivity contribution in [3.63, 3.8) is 0 Å². The molecule has 1 aromatic rings. The third-order valence-electron chi connectivity index (χ3n) is 2.03. The first kappa shape index (κ1) is 12.2. The molecule has 0 fully saturated rings. The predicted octanol–water partition coefficient (Wildman–Crippen LogP) is 1.06. The standard InChI is InChI=1S/C11H17N3S/c1-3-4-12-5-6-13-9-10(2)11-14-7-8-15-11/h1,7-8,10,12-13H,4-6,9H2,2H3. The van der Waals surface area contributed by atoms with Gasteiger partial charge in [0.05, 0.1) is 11.6 Å². The second kappa shape index (κ2) is 7.41. The van der Waals surface area contributed by atoms with E-state index in [1.54, 1.807) is 11.3 Å². The summed E-state index contributed by atoms with van der Waals surface area (Å²) in [6.45, 7) is 5.64. The summed E-state index contributed by atoms with van der Waals surface area (Å²) in [7, 11) is 0. The highest BCUT2D eigenvalue weighted by atomic mass is 32.1. The molecule has 0 aliphatic carbocycles. The van der Waals surface area contributed by atoms with Crippen LogP contribution in [0.2, 0.25) is 0 Å². The zero-order valence-corrected chi connectivity index (χ0v) is 9.81. The molecule has 15 heavy (non-hydrogen) atoms. The smallest absolute Gasteiger partial charge is 0.0965 e. The Morgan fingerprint density at radius 3 is 3.00 bits per heavy atom. The highest BCUT2D eigenvalue weighted by Gasteiger charge is 2.06. The van der Waals surface area contributed by atoms with Gasteiger partial charge in [0.15, 0.2) is 0 Å².